The highest BCUT2D eigenvalue weighted by atomic mass is 32.1. The van der Waals surface area contributed by atoms with Gasteiger partial charge in [-0.25, -0.2) is 4.98 Å². The first-order valence-corrected chi connectivity index (χ1v) is 9.82. The molecular weight excluding hydrogens is 350 g/mol. The standard InChI is InChI=1S/C19H25N3O3S/c1-2-25-17-5-3-15(4-6-17)11-18(23)20-12-19-21-16(14-26-19)13-22-7-9-24-10-8-22/h3-6,14H,2,7-13H2,1H3,(H,20,23). The second-order valence-electron chi connectivity index (χ2n) is 6.15. The molecule has 1 aliphatic rings. The van der Waals surface area contributed by atoms with Crippen LogP contribution in [0.25, 0.3) is 0 Å². The molecule has 0 spiro atoms. The number of benzene rings is 1. The van der Waals surface area contributed by atoms with Crippen molar-refractivity contribution in [2.75, 3.05) is 32.9 Å². The molecule has 1 N–H and O–H groups in total. The molecule has 26 heavy (non-hydrogen) atoms. The molecule has 1 amide bonds. The zero-order valence-corrected chi connectivity index (χ0v) is 15.9. The summed E-state index contributed by atoms with van der Waals surface area (Å²) in [5.74, 6) is 0.825. The van der Waals surface area contributed by atoms with E-state index in [-0.39, 0.29) is 5.91 Å². The molecule has 0 atom stereocenters. The number of thiazole rings is 1. The van der Waals surface area contributed by atoms with E-state index in [0.717, 1.165) is 54.9 Å². The van der Waals surface area contributed by atoms with Gasteiger partial charge >= 0.3 is 0 Å². The largest absolute Gasteiger partial charge is 0.494 e. The van der Waals surface area contributed by atoms with E-state index in [1.54, 1.807) is 11.3 Å². The Labute approximate surface area is 158 Å². The van der Waals surface area contributed by atoms with Gasteiger partial charge in [-0.05, 0) is 24.6 Å². The molecule has 1 aromatic carbocycles. The van der Waals surface area contributed by atoms with Crippen molar-refractivity contribution >= 4 is 17.2 Å². The summed E-state index contributed by atoms with van der Waals surface area (Å²) in [5, 5.41) is 5.96. The number of hydrogen-bond acceptors (Lipinski definition) is 6. The normalized spacial score (nSPS) is 15.0. The van der Waals surface area contributed by atoms with Crippen molar-refractivity contribution in [3.05, 3.63) is 45.9 Å². The third-order valence-corrected chi connectivity index (χ3v) is 5.02. The van der Waals surface area contributed by atoms with Gasteiger partial charge in [-0.15, -0.1) is 11.3 Å². The Morgan fingerprint density at radius 3 is 2.81 bits per heavy atom. The number of morpholine rings is 1. The van der Waals surface area contributed by atoms with Gasteiger partial charge in [0.2, 0.25) is 5.91 Å². The van der Waals surface area contributed by atoms with Crippen LogP contribution in [0.4, 0.5) is 0 Å². The first-order chi connectivity index (χ1) is 12.7. The average molecular weight is 375 g/mol. The highest BCUT2D eigenvalue weighted by Gasteiger charge is 2.13. The fourth-order valence-electron chi connectivity index (χ4n) is 2.78. The maximum absolute atomic E-state index is 12.1. The number of ether oxygens (including phenoxy) is 2. The zero-order valence-electron chi connectivity index (χ0n) is 15.1. The predicted octanol–water partition coefficient (Wildman–Crippen LogP) is 2.23. The molecule has 1 aliphatic heterocycles. The predicted molar refractivity (Wildman–Crippen MR) is 101 cm³/mol. The summed E-state index contributed by atoms with van der Waals surface area (Å²) in [6, 6.07) is 7.64. The van der Waals surface area contributed by atoms with E-state index < -0.39 is 0 Å². The number of nitrogens with one attached hydrogen (secondary N) is 1. The minimum atomic E-state index is -0.000843. The van der Waals surface area contributed by atoms with Gasteiger partial charge in [-0.2, -0.15) is 0 Å². The van der Waals surface area contributed by atoms with E-state index in [2.05, 4.69) is 20.6 Å². The summed E-state index contributed by atoms with van der Waals surface area (Å²) in [5.41, 5.74) is 2.03. The van der Waals surface area contributed by atoms with Crippen molar-refractivity contribution in [3.63, 3.8) is 0 Å². The maximum Gasteiger partial charge on any atom is 0.224 e. The van der Waals surface area contributed by atoms with Gasteiger partial charge in [-0.1, -0.05) is 12.1 Å². The molecular formula is C19H25N3O3S. The highest BCUT2D eigenvalue weighted by Crippen LogP contribution is 2.14. The van der Waals surface area contributed by atoms with Crippen LogP contribution in [0.5, 0.6) is 5.75 Å². The molecule has 1 fully saturated rings. The SMILES string of the molecule is CCOc1ccc(CC(=O)NCc2nc(CN3CCOCC3)cs2)cc1. The van der Waals surface area contributed by atoms with Crippen LogP contribution in [0.2, 0.25) is 0 Å². The third kappa shape index (κ3) is 5.79. The molecule has 7 heteroatoms. The lowest BCUT2D eigenvalue weighted by atomic mass is 10.1. The first-order valence-electron chi connectivity index (χ1n) is 8.94. The van der Waals surface area contributed by atoms with Crippen LogP contribution in [0, 0.1) is 0 Å². The molecule has 2 heterocycles. The molecule has 1 aromatic heterocycles. The van der Waals surface area contributed by atoms with Gasteiger partial charge in [0.25, 0.3) is 0 Å². The zero-order chi connectivity index (χ0) is 18.2. The molecule has 140 valence electrons. The van der Waals surface area contributed by atoms with Crippen molar-refractivity contribution in [1.82, 2.24) is 15.2 Å². The highest BCUT2D eigenvalue weighted by molar-refractivity contribution is 7.09. The van der Waals surface area contributed by atoms with Crippen LogP contribution in [0.3, 0.4) is 0 Å². The molecule has 6 nitrogen and oxygen atoms in total. The number of carbonyl (C=O) groups is 1. The summed E-state index contributed by atoms with van der Waals surface area (Å²) >= 11 is 1.59. The second-order valence-corrected chi connectivity index (χ2v) is 7.09. The van der Waals surface area contributed by atoms with E-state index in [4.69, 9.17) is 9.47 Å². The van der Waals surface area contributed by atoms with Crippen molar-refractivity contribution in [1.29, 1.82) is 0 Å². The minimum Gasteiger partial charge on any atom is -0.494 e. The Bertz CT molecular complexity index is 696. The van der Waals surface area contributed by atoms with Crippen molar-refractivity contribution in [3.8, 4) is 5.75 Å². The van der Waals surface area contributed by atoms with Gasteiger partial charge in [0.15, 0.2) is 0 Å². The lowest BCUT2D eigenvalue weighted by molar-refractivity contribution is -0.120. The number of rotatable bonds is 8. The number of hydrogen-bond donors (Lipinski definition) is 1. The maximum atomic E-state index is 12.1. The van der Waals surface area contributed by atoms with Crippen molar-refractivity contribution in [2.45, 2.75) is 26.4 Å². The summed E-state index contributed by atoms with van der Waals surface area (Å²) in [7, 11) is 0. The summed E-state index contributed by atoms with van der Waals surface area (Å²) in [4.78, 5) is 19.1. The average Bonchev–Trinajstić information content (AvgIpc) is 3.10. The topological polar surface area (TPSA) is 63.7 Å². The van der Waals surface area contributed by atoms with Gasteiger partial charge in [0.05, 0.1) is 38.5 Å². The van der Waals surface area contributed by atoms with Gasteiger partial charge in [0, 0.05) is 25.0 Å². The Morgan fingerprint density at radius 2 is 2.08 bits per heavy atom. The van der Waals surface area contributed by atoms with Crippen LogP contribution in [0.1, 0.15) is 23.2 Å². The second kappa shape index (κ2) is 9.66. The van der Waals surface area contributed by atoms with Gasteiger partial charge in [-0.3, -0.25) is 9.69 Å². The van der Waals surface area contributed by atoms with Crippen LogP contribution >= 0.6 is 11.3 Å². The van der Waals surface area contributed by atoms with Gasteiger partial charge in [0.1, 0.15) is 10.8 Å². The van der Waals surface area contributed by atoms with Crippen molar-refractivity contribution < 1.29 is 14.3 Å². The molecule has 0 aliphatic carbocycles. The van der Waals surface area contributed by atoms with E-state index in [9.17, 15) is 4.79 Å². The Balaban J connectivity index is 1.42. The number of aromatic nitrogens is 1. The molecule has 2 aromatic rings. The fraction of sp³-hybridized carbons (Fsp3) is 0.474. The quantitative estimate of drug-likeness (QED) is 0.767. The first kappa shape index (κ1) is 18.8. The molecule has 3 rings (SSSR count). The summed E-state index contributed by atoms with van der Waals surface area (Å²) in [6.45, 7) is 7.39. The van der Waals surface area contributed by atoms with Crippen LogP contribution in [-0.2, 0) is 29.0 Å². The number of nitrogens with zero attached hydrogens (tertiary/aromatic N) is 2. The van der Waals surface area contributed by atoms with Crippen LogP contribution < -0.4 is 10.1 Å². The molecule has 1 saturated heterocycles. The number of amides is 1. The molecule has 0 unspecified atom stereocenters. The van der Waals surface area contributed by atoms with Gasteiger partial charge < -0.3 is 14.8 Å². The smallest absolute Gasteiger partial charge is 0.224 e. The Morgan fingerprint density at radius 1 is 1.31 bits per heavy atom. The molecule has 0 bridgehead atoms. The summed E-state index contributed by atoms with van der Waals surface area (Å²) in [6.07, 6.45) is 0.360. The Kier molecular flexibility index (Phi) is 6.99. The minimum absolute atomic E-state index is 0.000843. The third-order valence-electron chi connectivity index (χ3n) is 4.12. The lowest BCUT2D eigenvalue weighted by Crippen LogP contribution is -2.35. The van der Waals surface area contributed by atoms with E-state index in [1.165, 1.54) is 0 Å². The van der Waals surface area contributed by atoms with E-state index in [0.29, 0.717) is 19.6 Å². The number of carbonyl (C=O) groups excluding carboxylic acids is 1. The lowest BCUT2D eigenvalue weighted by Gasteiger charge is -2.25. The van der Waals surface area contributed by atoms with Crippen molar-refractivity contribution in [2.24, 2.45) is 0 Å². The summed E-state index contributed by atoms with van der Waals surface area (Å²) < 4.78 is 10.8. The van der Waals surface area contributed by atoms with Crippen LogP contribution in [-0.4, -0.2) is 48.7 Å². The monoisotopic (exact) mass is 375 g/mol. The van der Waals surface area contributed by atoms with E-state index in [1.807, 2.05) is 31.2 Å². The fourth-order valence-corrected chi connectivity index (χ4v) is 3.51. The van der Waals surface area contributed by atoms with Crippen LogP contribution in [0.15, 0.2) is 29.6 Å². The van der Waals surface area contributed by atoms with E-state index >= 15 is 0 Å². The molecule has 0 radical (unpaired) electrons. The molecule has 0 saturated carbocycles. The Hall–Kier alpha value is -1.96.